The predicted octanol–water partition coefficient (Wildman–Crippen LogP) is 1.16. The average molecular weight is 398 g/mol. The third-order valence-electron chi connectivity index (χ3n) is 5.34. The van der Waals surface area contributed by atoms with Gasteiger partial charge >= 0.3 is 0 Å². The molecule has 4 rings (SSSR count). The molecule has 9 heteroatoms. The quantitative estimate of drug-likeness (QED) is 0.814. The molecule has 2 aromatic heterocycles. The Bertz CT molecular complexity index is 801. The van der Waals surface area contributed by atoms with Crippen molar-refractivity contribution in [2.45, 2.75) is 19.9 Å². The first-order valence-electron chi connectivity index (χ1n) is 8.67. The molecular weight excluding hydrogens is 374 g/mol. The molecule has 7 nitrogen and oxygen atoms in total. The maximum Gasteiger partial charge on any atom is 0.262 e. The molecule has 2 amide bonds. The van der Waals surface area contributed by atoms with Gasteiger partial charge in [0.25, 0.3) is 5.91 Å². The van der Waals surface area contributed by atoms with E-state index in [1.807, 2.05) is 24.9 Å². The van der Waals surface area contributed by atoms with Crippen LogP contribution in [0, 0.1) is 18.8 Å². The number of halogens is 1. The molecule has 3 atom stereocenters. The van der Waals surface area contributed by atoms with Gasteiger partial charge in [0.1, 0.15) is 10.9 Å². The summed E-state index contributed by atoms with van der Waals surface area (Å²) in [6.45, 7) is 7.28. The van der Waals surface area contributed by atoms with E-state index >= 15 is 0 Å². The zero-order valence-corrected chi connectivity index (χ0v) is 16.7. The van der Waals surface area contributed by atoms with Crippen LogP contribution in [0.25, 0.3) is 10.2 Å². The summed E-state index contributed by atoms with van der Waals surface area (Å²) in [4.78, 5) is 28.7. The number of aromatic nitrogens is 2. The zero-order valence-electron chi connectivity index (χ0n) is 15.1. The van der Waals surface area contributed by atoms with Crippen LogP contribution in [0.15, 0.2) is 6.07 Å². The van der Waals surface area contributed by atoms with E-state index in [2.05, 4.69) is 15.7 Å². The largest absolute Gasteiger partial charge is 0.340 e. The first-order chi connectivity index (χ1) is 11.9. The smallest absolute Gasteiger partial charge is 0.262 e. The van der Waals surface area contributed by atoms with Crippen LogP contribution in [0.3, 0.4) is 0 Å². The van der Waals surface area contributed by atoms with Crippen LogP contribution in [-0.4, -0.2) is 58.7 Å². The van der Waals surface area contributed by atoms with Crippen molar-refractivity contribution in [1.29, 1.82) is 0 Å². The summed E-state index contributed by atoms with van der Waals surface area (Å²) in [6, 6.07) is 1.35. The number of thiophene rings is 1. The maximum atomic E-state index is 12.7. The van der Waals surface area contributed by atoms with Crippen LogP contribution < -0.4 is 10.6 Å². The van der Waals surface area contributed by atoms with E-state index in [4.69, 9.17) is 0 Å². The van der Waals surface area contributed by atoms with E-state index in [1.54, 1.807) is 11.6 Å². The Balaban J connectivity index is 0.00000196. The van der Waals surface area contributed by atoms with Crippen LogP contribution in [0.1, 0.15) is 22.3 Å². The Labute approximate surface area is 162 Å². The minimum absolute atomic E-state index is 0. The second-order valence-corrected chi connectivity index (χ2v) is 8.19. The summed E-state index contributed by atoms with van der Waals surface area (Å²) in [6.07, 6.45) is 0. The Morgan fingerprint density at radius 2 is 2.00 bits per heavy atom. The molecule has 2 aliphatic rings. The zero-order chi connectivity index (χ0) is 17.7. The SMILES string of the molecule is Cc1nn(C)c2sc(C(=O)NC(C)C(=O)N3C[C@H]4CNC[C@H]4C3)cc12.Cl. The first-order valence-corrected chi connectivity index (χ1v) is 9.49. The summed E-state index contributed by atoms with van der Waals surface area (Å²) < 4.78 is 1.79. The highest BCUT2D eigenvalue weighted by Gasteiger charge is 2.39. The number of hydrogen-bond acceptors (Lipinski definition) is 5. The number of rotatable bonds is 3. The third-order valence-corrected chi connectivity index (χ3v) is 6.54. The van der Waals surface area contributed by atoms with Gasteiger partial charge in [-0.3, -0.25) is 14.3 Å². The Hall–Kier alpha value is -1.64. The number of amides is 2. The molecule has 0 bridgehead atoms. The Kier molecular flexibility index (Phi) is 5.28. The van der Waals surface area contributed by atoms with Gasteiger partial charge in [0, 0.05) is 38.6 Å². The second-order valence-electron chi connectivity index (χ2n) is 7.16. The van der Waals surface area contributed by atoms with Crippen LogP contribution in [0.5, 0.6) is 0 Å². The van der Waals surface area contributed by atoms with Crippen molar-refractivity contribution in [3.8, 4) is 0 Å². The van der Waals surface area contributed by atoms with Crippen LogP contribution in [0.4, 0.5) is 0 Å². The minimum Gasteiger partial charge on any atom is -0.340 e. The number of aryl methyl sites for hydroxylation is 2. The van der Waals surface area contributed by atoms with Crippen LogP contribution in [-0.2, 0) is 11.8 Å². The standard InChI is InChI=1S/C17H23N5O2S.ClH/c1-9-13-4-14(25-17(13)21(3)20-9)15(23)19-10(2)16(24)22-7-11-5-18-6-12(11)8-22;/h4,10-12,18H,5-8H2,1-3H3,(H,19,23);1H/t10?,11-,12+;. The molecule has 26 heavy (non-hydrogen) atoms. The monoisotopic (exact) mass is 397 g/mol. The molecule has 2 N–H and O–H groups in total. The minimum atomic E-state index is -0.510. The lowest BCUT2D eigenvalue weighted by molar-refractivity contribution is -0.132. The van der Waals surface area contributed by atoms with E-state index in [-0.39, 0.29) is 24.2 Å². The lowest BCUT2D eigenvalue weighted by atomic mass is 10.0. The third kappa shape index (κ3) is 3.21. The van der Waals surface area contributed by atoms with Crippen molar-refractivity contribution >= 4 is 45.8 Å². The van der Waals surface area contributed by atoms with E-state index < -0.39 is 6.04 Å². The number of carbonyl (C=O) groups is 2. The molecule has 0 radical (unpaired) electrons. The van der Waals surface area contributed by atoms with Gasteiger partial charge < -0.3 is 15.5 Å². The van der Waals surface area contributed by atoms with E-state index in [9.17, 15) is 9.59 Å². The first kappa shape index (κ1) is 19.1. The van der Waals surface area contributed by atoms with Gasteiger partial charge in [0.15, 0.2) is 0 Å². The molecule has 2 fully saturated rings. The van der Waals surface area contributed by atoms with Crippen molar-refractivity contribution in [3.63, 3.8) is 0 Å². The van der Waals surface area contributed by atoms with Gasteiger partial charge in [-0.1, -0.05) is 0 Å². The molecule has 2 aromatic rings. The van der Waals surface area contributed by atoms with E-state index in [0.29, 0.717) is 16.7 Å². The Morgan fingerprint density at radius 3 is 2.62 bits per heavy atom. The fraction of sp³-hybridized carbons (Fsp3) is 0.588. The number of likely N-dealkylation sites (tertiary alicyclic amines) is 1. The van der Waals surface area contributed by atoms with Crippen LogP contribution in [0.2, 0.25) is 0 Å². The number of carbonyl (C=O) groups excluding carboxylic acids is 2. The molecule has 0 spiro atoms. The van der Waals surface area contributed by atoms with Crippen molar-refractivity contribution < 1.29 is 9.59 Å². The number of fused-ring (bicyclic) bond motifs is 2. The molecule has 0 saturated carbocycles. The van der Waals surface area contributed by atoms with Gasteiger partial charge in [-0.2, -0.15) is 5.10 Å². The summed E-state index contributed by atoms with van der Waals surface area (Å²) in [5, 5.41) is 11.6. The molecule has 1 unspecified atom stereocenters. The molecule has 0 aromatic carbocycles. The van der Waals surface area contributed by atoms with Gasteiger partial charge in [-0.05, 0) is 31.7 Å². The lowest BCUT2D eigenvalue weighted by Crippen LogP contribution is -2.46. The van der Waals surface area contributed by atoms with Crippen LogP contribution >= 0.6 is 23.7 Å². The lowest BCUT2D eigenvalue weighted by Gasteiger charge is -2.22. The summed E-state index contributed by atoms with van der Waals surface area (Å²) in [7, 11) is 1.87. The Morgan fingerprint density at radius 1 is 1.35 bits per heavy atom. The summed E-state index contributed by atoms with van der Waals surface area (Å²) in [5.74, 6) is 0.944. The molecule has 2 aliphatic heterocycles. The highest BCUT2D eigenvalue weighted by atomic mass is 35.5. The number of hydrogen-bond donors (Lipinski definition) is 2. The topological polar surface area (TPSA) is 79.3 Å². The van der Waals surface area contributed by atoms with Gasteiger partial charge in [0.2, 0.25) is 5.91 Å². The summed E-state index contributed by atoms with van der Waals surface area (Å²) >= 11 is 1.41. The van der Waals surface area contributed by atoms with Crippen molar-refractivity contribution in [1.82, 2.24) is 25.3 Å². The van der Waals surface area contributed by atoms with Crippen molar-refractivity contribution in [3.05, 3.63) is 16.6 Å². The fourth-order valence-corrected chi connectivity index (χ4v) is 4.98. The molecule has 2 saturated heterocycles. The van der Waals surface area contributed by atoms with Gasteiger partial charge in [-0.25, -0.2) is 0 Å². The van der Waals surface area contributed by atoms with E-state index in [0.717, 1.165) is 42.1 Å². The molecule has 142 valence electrons. The van der Waals surface area contributed by atoms with Gasteiger partial charge in [0.05, 0.1) is 10.6 Å². The normalized spacial score (nSPS) is 23.0. The van der Waals surface area contributed by atoms with Crippen molar-refractivity contribution in [2.24, 2.45) is 18.9 Å². The maximum absolute atomic E-state index is 12.7. The predicted molar refractivity (Wildman–Crippen MR) is 104 cm³/mol. The number of nitrogens with zero attached hydrogens (tertiary/aromatic N) is 3. The number of nitrogens with one attached hydrogen (secondary N) is 2. The molecule has 0 aliphatic carbocycles. The van der Waals surface area contributed by atoms with E-state index in [1.165, 1.54) is 11.3 Å². The second kappa shape index (κ2) is 7.17. The highest BCUT2D eigenvalue weighted by molar-refractivity contribution is 7.20. The fourth-order valence-electron chi connectivity index (χ4n) is 3.96. The van der Waals surface area contributed by atoms with Crippen molar-refractivity contribution in [2.75, 3.05) is 26.2 Å². The average Bonchev–Trinajstić information content (AvgIpc) is 3.29. The molecular formula is C17H24ClN5O2S. The van der Waals surface area contributed by atoms with Gasteiger partial charge in [-0.15, -0.1) is 23.7 Å². The summed E-state index contributed by atoms with van der Waals surface area (Å²) in [5.41, 5.74) is 0.911. The highest BCUT2D eigenvalue weighted by Crippen LogP contribution is 2.28. The molecule has 4 heterocycles.